The van der Waals surface area contributed by atoms with Crippen molar-refractivity contribution in [2.45, 2.75) is 43.5 Å². The Labute approximate surface area is 186 Å². The van der Waals surface area contributed by atoms with Crippen molar-refractivity contribution >= 4 is 43.6 Å². The van der Waals surface area contributed by atoms with E-state index in [1.54, 1.807) is 0 Å². The Hall–Kier alpha value is -2.41. The van der Waals surface area contributed by atoms with Crippen LogP contribution in [0.4, 0.5) is 5.69 Å². The molecule has 0 saturated carbocycles. The number of rotatable bonds is 5. The van der Waals surface area contributed by atoms with E-state index in [4.69, 9.17) is 11.6 Å². The minimum absolute atomic E-state index is 0.0137. The van der Waals surface area contributed by atoms with E-state index >= 15 is 0 Å². The summed E-state index contributed by atoms with van der Waals surface area (Å²) in [4.78, 5) is 27.7. The second-order valence-electron chi connectivity index (χ2n) is 7.40. The molecule has 1 aromatic carbocycles. The van der Waals surface area contributed by atoms with E-state index in [-0.39, 0.29) is 22.4 Å². The Morgan fingerprint density at radius 2 is 2.03 bits per heavy atom. The summed E-state index contributed by atoms with van der Waals surface area (Å²) in [6.45, 7) is 3.92. The highest BCUT2D eigenvalue weighted by Crippen LogP contribution is 2.39. The first kappa shape index (κ1) is 21.8. The molecule has 0 spiro atoms. The maximum absolute atomic E-state index is 13.3. The molecule has 1 unspecified atom stereocenters. The Balaban J connectivity index is 1.81. The summed E-state index contributed by atoms with van der Waals surface area (Å²) in [5.41, 5.74) is -0.537. The molecule has 0 N–H and O–H groups in total. The van der Waals surface area contributed by atoms with Gasteiger partial charge in [-0.15, -0.1) is 0 Å². The van der Waals surface area contributed by atoms with E-state index in [9.17, 15) is 23.3 Å². The summed E-state index contributed by atoms with van der Waals surface area (Å²) in [5.74, 6) is -0.0715. The molecule has 10 nitrogen and oxygen atoms in total. The van der Waals surface area contributed by atoms with Gasteiger partial charge in [0.05, 0.1) is 16.7 Å². The molecule has 13 heteroatoms. The van der Waals surface area contributed by atoms with Crippen molar-refractivity contribution in [2.24, 2.45) is 0 Å². The Morgan fingerprint density at radius 1 is 1.32 bits per heavy atom. The number of nitro benzene ring substituents is 1. The highest BCUT2D eigenvalue weighted by molar-refractivity contribution is 7.89. The number of nitro groups is 1. The molecule has 1 aliphatic rings. The molecule has 1 atom stereocenters. The minimum atomic E-state index is -4.16. The van der Waals surface area contributed by atoms with Crippen LogP contribution in [-0.4, -0.2) is 38.8 Å². The first-order chi connectivity index (χ1) is 14.6. The lowest BCUT2D eigenvalue weighted by Crippen LogP contribution is -2.31. The largest absolute Gasteiger partial charge is 0.294 e. The Kier molecular flexibility index (Phi) is 5.58. The fraction of sp³-hybridized carbons (Fsp3) is 0.389. The number of benzene rings is 1. The van der Waals surface area contributed by atoms with Crippen LogP contribution in [0.2, 0.25) is 5.02 Å². The number of nitrogens with zero attached hydrogens (tertiary/aromatic N) is 5. The van der Waals surface area contributed by atoms with Crippen LogP contribution in [0.5, 0.6) is 0 Å². The molecule has 31 heavy (non-hydrogen) atoms. The van der Waals surface area contributed by atoms with Gasteiger partial charge in [0, 0.05) is 12.6 Å². The molecule has 3 heterocycles. The zero-order valence-electron chi connectivity index (χ0n) is 16.6. The van der Waals surface area contributed by atoms with Crippen LogP contribution in [0.15, 0.2) is 34.0 Å². The van der Waals surface area contributed by atoms with Gasteiger partial charge in [0.1, 0.15) is 10.0 Å². The quantitative estimate of drug-likeness (QED) is 0.402. The average Bonchev–Trinajstić information content (AvgIpc) is 3.37. The average molecular weight is 484 g/mol. The molecular weight excluding hydrogens is 466 g/mol. The van der Waals surface area contributed by atoms with E-state index < -0.39 is 32.2 Å². The normalized spacial score (nSPS) is 17.6. The third kappa shape index (κ3) is 3.63. The summed E-state index contributed by atoms with van der Waals surface area (Å²) < 4.78 is 28.9. The van der Waals surface area contributed by atoms with Crippen LogP contribution in [0.25, 0.3) is 4.96 Å². The Bertz CT molecular complexity index is 1350. The zero-order valence-corrected chi connectivity index (χ0v) is 18.9. The van der Waals surface area contributed by atoms with Crippen LogP contribution in [-0.2, 0) is 10.0 Å². The third-order valence-corrected chi connectivity index (χ3v) is 8.40. The van der Waals surface area contributed by atoms with Crippen LogP contribution in [0, 0.1) is 10.1 Å². The minimum Gasteiger partial charge on any atom is -0.266 e. The fourth-order valence-corrected chi connectivity index (χ4v) is 6.87. The number of hydrogen-bond acceptors (Lipinski definition) is 8. The van der Waals surface area contributed by atoms with Gasteiger partial charge in [-0.3, -0.25) is 14.9 Å². The molecule has 3 aromatic rings. The van der Waals surface area contributed by atoms with Gasteiger partial charge in [-0.05, 0) is 24.8 Å². The summed E-state index contributed by atoms with van der Waals surface area (Å²) in [7, 11) is -4.16. The van der Waals surface area contributed by atoms with Crippen molar-refractivity contribution in [3.63, 3.8) is 0 Å². The van der Waals surface area contributed by atoms with E-state index in [1.165, 1.54) is 22.5 Å². The lowest BCUT2D eigenvalue weighted by molar-refractivity contribution is -0.387. The second-order valence-corrected chi connectivity index (χ2v) is 10.6. The van der Waals surface area contributed by atoms with Crippen LogP contribution < -0.4 is 5.56 Å². The number of fused-ring (bicyclic) bond motifs is 1. The van der Waals surface area contributed by atoms with Crippen molar-refractivity contribution in [3.05, 3.63) is 60.5 Å². The fourth-order valence-electron chi connectivity index (χ4n) is 3.60. The molecule has 1 fully saturated rings. The SMILES string of the molecule is CC(C)c1nc2sc(C3CCCN3S(=O)(=O)c3ccccc3[N+](=O)[O-])nn2c(=O)c1Cl. The molecule has 1 saturated heterocycles. The zero-order chi connectivity index (χ0) is 22.5. The Morgan fingerprint density at radius 3 is 2.71 bits per heavy atom. The van der Waals surface area contributed by atoms with E-state index in [0.717, 1.165) is 21.9 Å². The van der Waals surface area contributed by atoms with Crippen molar-refractivity contribution in [2.75, 3.05) is 6.54 Å². The summed E-state index contributed by atoms with van der Waals surface area (Å²) in [6.07, 6.45) is 1.03. The van der Waals surface area contributed by atoms with Gasteiger partial charge in [0.15, 0.2) is 4.90 Å². The second kappa shape index (κ2) is 7.93. The van der Waals surface area contributed by atoms with Gasteiger partial charge in [-0.25, -0.2) is 13.4 Å². The summed E-state index contributed by atoms with van der Waals surface area (Å²) in [5, 5.41) is 16.0. The highest BCUT2D eigenvalue weighted by Gasteiger charge is 2.41. The predicted molar refractivity (Wildman–Crippen MR) is 115 cm³/mol. The van der Waals surface area contributed by atoms with E-state index in [2.05, 4.69) is 10.1 Å². The molecule has 0 amide bonds. The topological polar surface area (TPSA) is 128 Å². The lowest BCUT2D eigenvalue weighted by atomic mass is 10.1. The summed E-state index contributed by atoms with van der Waals surface area (Å²) >= 11 is 7.28. The number of para-hydroxylation sites is 1. The van der Waals surface area contributed by atoms with Gasteiger partial charge in [-0.2, -0.15) is 13.9 Å². The molecule has 0 bridgehead atoms. The maximum Gasteiger partial charge on any atom is 0.294 e. The van der Waals surface area contributed by atoms with Gasteiger partial charge in [-0.1, -0.05) is 48.9 Å². The molecule has 2 aromatic heterocycles. The van der Waals surface area contributed by atoms with Crippen LogP contribution in [0.1, 0.15) is 49.4 Å². The van der Waals surface area contributed by atoms with Gasteiger partial charge in [0.2, 0.25) is 4.96 Å². The van der Waals surface area contributed by atoms with Crippen LogP contribution >= 0.6 is 22.9 Å². The smallest absolute Gasteiger partial charge is 0.266 e. The molecular formula is C18H18ClN5O5S2. The van der Waals surface area contributed by atoms with E-state index in [0.29, 0.717) is 28.5 Å². The van der Waals surface area contributed by atoms with Gasteiger partial charge < -0.3 is 0 Å². The van der Waals surface area contributed by atoms with Crippen molar-refractivity contribution in [1.29, 1.82) is 0 Å². The standard InChI is InChI=1S/C18H18ClN5O5S2/c1-10(2)15-14(19)17(25)23-18(20-15)30-16(21-23)12-7-5-9-22(12)31(28,29)13-8-4-3-6-11(13)24(26)27/h3-4,6,8,10,12H,5,7,9H2,1-2H3. The first-order valence-electron chi connectivity index (χ1n) is 9.47. The van der Waals surface area contributed by atoms with Gasteiger partial charge in [0.25, 0.3) is 21.3 Å². The van der Waals surface area contributed by atoms with Crippen molar-refractivity contribution in [1.82, 2.24) is 18.9 Å². The monoisotopic (exact) mass is 483 g/mol. The van der Waals surface area contributed by atoms with Crippen molar-refractivity contribution < 1.29 is 13.3 Å². The summed E-state index contributed by atoms with van der Waals surface area (Å²) in [6, 6.07) is 4.59. The molecule has 0 radical (unpaired) electrons. The highest BCUT2D eigenvalue weighted by atomic mass is 35.5. The van der Waals surface area contributed by atoms with Gasteiger partial charge >= 0.3 is 0 Å². The lowest BCUT2D eigenvalue weighted by Gasteiger charge is -2.22. The number of aromatic nitrogens is 3. The van der Waals surface area contributed by atoms with E-state index in [1.807, 2.05) is 13.8 Å². The number of sulfonamides is 1. The predicted octanol–water partition coefficient (Wildman–Crippen LogP) is 3.36. The van der Waals surface area contributed by atoms with Crippen molar-refractivity contribution in [3.8, 4) is 0 Å². The molecule has 164 valence electrons. The number of halogens is 1. The number of hydrogen-bond donors (Lipinski definition) is 0. The molecule has 4 rings (SSSR count). The van der Waals surface area contributed by atoms with Crippen LogP contribution in [0.3, 0.4) is 0 Å². The maximum atomic E-state index is 13.3. The first-order valence-corrected chi connectivity index (χ1v) is 12.1. The molecule has 0 aliphatic carbocycles. The molecule has 1 aliphatic heterocycles. The third-order valence-electron chi connectivity index (χ3n) is 5.08.